The summed E-state index contributed by atoms with van der Waals surface area (Å²) in [5.74, 6) is 0. The summed E-state index contributed by atoms with van der Waals surface area (Å²) < 4.78 is 17.1. The highest BCUT2D eigenvalue weighted by atomic mass is 16.7. The molecule has 0 amide bonds. The lowest BCUT2D eigenvalue weighted by Gasteiger charge is -2.40. The van der Waals surface area contributed by atoms with Crippen molar-refractivity contribution in [3.63, 3.8) is 0 Å². The molecular weight excluding hydrogens is 242 g/mol. The van der Waals surface area contributed by atoms with Gasteiger partial charge in [0, 0.05) is 32.4 Å². The van der Waals surface area contributed by atoms with E-state index >= 15 is 0 Å². The summed E-state index contributed by atoms with van der Waals surface area (Å²) in [6.45, 7) is 11.4. The molecule has 0 radical (unpaired) electrons. The predicted molar refractivity (Wildman–Crippen MR) is 77.3 cm³/mol. The molecular formula is C15H31NO3. The van der Waals surface area contributed by atoms with Crippen LogP contribution in [0.2, 0.25) is 0 Å². The van der Waals surface area contributed by atoms with Crippen molar-refractivity contribution in [2.75, 3.05) is 26.4 Å². The molecule has 0 saturated carbocycles. The zero-order valence-electron chi connectivity index (χ0n) is 13.0. The van der Waals surface area contributed by atoms with Gasteiger partial charge in [-0.05, 0) is 39.5 Å². The van der Waals surface area contributed by atoms with Crippen molar-refractivity contribution in [2.24, 2.45) is 0 Å². The van der Waals surface area contributed by atoms with Gasteiger partial charge in [-0.1, -0.05) is 13.8 Å². The molecule has 1 N–H and O–H groups in total. The third-order valence-electron chi connectivity index (χ3n) is 4.06. The molecule has 0 spiro atoms. The van der Waals surface area contributed by atoms with Gasteiger partial charge in [-0.2, -0.15) is 0 Å². The van der Waals surface area contributed by atoms with Crippen LogP contribution in [0.25, 0.3) is 0 Å². The Hall–Kier alpha value is -0.160. The molecule has 4 nitrogen and oxygen atoms in total. The van der Waals surface area contributed by atoms with Crippen molar-refractivity contribution >= 4 is 0 Å². The van der Waals surface area contributed by atoms with Crippen LogP contribution < -0.4 is 5.32 Å². The molecule has 4 heteroatoms. The van der Waals surface area contributed by atoms with Gasteiger partial charge >= 0.3 is 0 Å². The minimum atomic E-state index is -0.129. The summed E-state index contributed by atoms with van der Waals surface area (Å²) in [4.78, 5) is 0. The lowest BCUT2D eigenvalue weighted by atomic mass is 9.86. The van der Waals surface area contributed by atoms with Gasteiger partial charge in [0.05, 0.1) is 5.60 Å². The number of hydrogen-bond acceptors (Lipinski definition) is 4. The fourth-order valence-corrected chi connectivity index (χ4v) is 2.75. The van der Waals surface area contributed by atoms with Gasteiger partial charge in [0.1, 0.15) is 0 Å². The maximum absolute atomic E-state index is 5.99. The Bertz CT molecular complexity index is 225. The van der Waals surface area contributed by atoms with Gasteiger partial charge in [-0.15, -0.1) is 0 Å². The largest absolute Gasteiger partial charge is 0.375 e. The lowest BCUT2D eigenvalue weighted by molar-refractivity contribution is -0.138. The Balaban J connectivity index is 2.39. The van der Waals surface area contributed by atoms with E-state index in [1.807, 2.05) is 13.8 Å². The van der Waals surface area contributed by atoms with Crippen molar-refractivity contribution in [1.29, 1.82) is 0 Å². The topological polar surface area (TPSA) is 39.7 Å². The average Bonchev–Trinajstić information content (AvgIpc) is 2.45. The Labute approximate surface area is 118 Å². The second kappa shape index (κ2) is 8.90. The standard InChI is InChI=1S/C15H31NO3/c1-5-15(6-2)11-13(9-10-19-15)16-12-14(17-7-3)18-8-4/h13-14,16H,5-12H2,1-4H3. The van der Waals surface area contributed by atoms with Gasteiger partial charge in [0.2, 0.25) is 0 Å². The van der Waals surface area contributed by atoms with E-state index in [1.54, 1.807) is 0 Å². The number of nitrogens with one attached hydrogen (secondary N) is 1. The van der Waals surface area contributed by atoms with Crippen LogP contribution in [-0.2, 0) is 14.2 Å². The SMILES string of the molecule is CCOC(CNC1CCOC(CC)(CC)C1)OCC. The lowest BCUT2D eigenvalue weighted by Crippen LogP contribution is -2.48. The smallest absolute Gasteiger partial charge is 0.169 e. The summed E-state index contributed by atoms with van der Waals surface area (Å²) in [7, 11) is 0. The van der Waals surface area contributed by atoms with Crippen molar-refractivity contribution in [2.45, 2.75) is 71.3 Å². The zero-order chi connectivity index (χ0) is 14.1. The van der Waals surface area contributed by atoms with E-state index in [-0.39, 0.29) is 11.9 Å². The average molecular weight is 273 g/mol. The fraction of sp³-hybridized carbons (Fsp3) is 1.00. The molecule has 1 heterocycles. The molecule has 1 rings (SSSR count). The van der Waals surface area contributed by atoms with Crippen molar-refractivity contribution < 1.29 is 14.2 Å². The van der Waals surface area contributed by atoms with Crippen molar-refractivity contribution in [3.8, 4) is 0 Å². The van der Waals surface area contributed by atoms with Gasteiger partial charge in [-0.3, -0.25) is 0 Å². The summed E-state index contributed by atoms with van der Waals surface area (Å²) in [6, 6.07) is 0.511. The summed E-state index contributed by atoms with van der Waals surface area (Å²) in [5, 5.41) is 3.58. The van der Waals surface area contributed by atoms with Crippen LogP contribution in [0.3, 0.4) is 0 Å². The van der Waals surface area contributed by atoms with Crippen molar-refractivity contribution in [1.82, 2.24) is 5.32 Å². The minimum absolute atomic E-state index is 0.0721. The van der Waals surface area contributed by atoms with E-state index in [4.69, 9.17) is 14.2 Å². The highest BCUT2D eigenvalue weighted by Gasteiger charge is 2.34. The van der Waals surface area contributed by atoms with Gasteiger partial charge in [0.15, 0.2) is 6.29 Å². The molecule has 0 aliphatic carbocycles. The molecule has 1 saturated heterocycles. The maximum Gasteiger partial charge on any atom is 0.169 e. The van der Waals surface area contributed by atoms with Gasteiger partial charge in [0.25, 0.3) is 0 Å². The van der Waals surface area contributed by atoms with Crippen LogP contribution in [0.1, 0.15) is 53.4 Å². The first-order chi connectivity index (χ1) is 9.19. The maximum atomic E-state index is 5.99. The second-order valence-corrected chi connectivity index (χ2v) is 5.18. The fourth-order valence-electron chi connectivity index (χ4n) is 2.75. The van der Waals surface area contributed by atoms with E-state index in [9.17, 15) is 0 Å². The summed E-state index contributed by atoms with van der Waals surface area (Å²) >= 11 is 0. The summed E-state index contributed by atoms with van der Waals surface area (Å²) in [5.41, 5.74) is 0.0721. The van der Waals surface area contributed by atoms with Crippen LogP contribution in [0.5, 0.6) is 0 Å². The molecule has 114 valence electrons. The zero-order valence-corrected chi connectivity index (χ0v) is 13.0. The molecule has 1 unspecified atom stereocenters. The molecule has 0 bridgehead atoms. The number of ether oxygens (including phenoxy) is 3. The predicted octanol–water partition coefficient (Wildman–Crippen LogP) is 2.71. The molecule has 19 heavy (non-hydrogen) atoms. The molecule has 0 aromatic carbocycles. The number of hydrogen-bond donors (Lipinski definition) is 1. The molecule has 0 aromatic heterocycles. The second-order valence-electron chi connectivity index (χ2n) is 5.18. The molecule has 1 fully saturated rings. The first-order valence-electron chi connectivity index (χ1n) is 7.80. The number of rotatable bonds is 9. The van der Waals surface area contributed by atoms with Crippen LogP contribution >= 0.6 is 0 Å². The molecule has 1 aliphatic heterocycles. The molecule has 1 aliphatic rings. The third kappa shape index (κ3) is 5.38. The Kier molecular flexibility index (Phi) is 7.91. The van der Waals surface area contributed by atoms with Gasteiger partial charge < -0.3 is 19.5 Å². The first-order valence-corrected chi connectivity index (χ1v) is 7.80. The van der Waals surface area contributed by atoms with E-state index < -0.39 is 0 Å². The van der Waals surface area contributed by atoms with Gasteiger partial charge in [-0.25, -0.2) is 0 Å². The highest BCUT2D eigenvalue weighted by Crippen LogP contribution is 2.31. The van der Waals surface area contributed by atoms with Crippen LogP contribution in [-0.4, -0.2) is 44.3 Å². The minimum Gasteiger partial charge on any atom is -0.375 e. The Morgan fingerprint density at radius 3 is 2.32 bits per heavy atom. The molecule has 0 aromatic rings. The van der Waals surface area contributed by atoms with Crippen LogP contribution in [0, 0.1) is 0 Å². The van der Waals surface area contributed by atoms with E-state index in [0.29, 0.717) is 19.3 Å². The van der Waals surface area contributed by atoms with Crippen LogP contribution in [0.15, 0.2) is 0 Å². The Morgan fingerprint density at radius 2 is 1.79 bits per heavy atom. The van der Waals surface area contributed by atoms with E-state index in [1.165, 1.54) is 0 Å². The van der Waals surface area contributed by atoms with E-state index in [2.05, 4.69) is 19.2 Å². The monoisotopic (exact) mass is 273 g/mol. The van der Waals surface area contributed by atoms with Crippen molar-refractivity contribution in [3.05, 3.63) is 0 Å². The third-order valence-corrected chi connectivity index (χ3v) is 4.06. The normalized spacial score (nSPS) is 22.9. The first kappa shape index (κ1) is 16.9. The van der Waals surface area contributed by atoms with E-state index in [0.717, 1.165) is 38.8 Å². The highest BCUT2D eigenvalue weighted by molar-refractivity contribution is 4.88. The molecule has 1 atom stereocenters. The Morgan fingerprint density at radius 1 is 1.16 bits per heavy atom. The van der Waals surface area contributed by atoms with Crippen LogP contribution in [0.4, 0.5) is 0 Å². The quantitative estimate of drug-likeness (QED) is 0.656. The summed E-state index contributed by atoms with van der Waals surface area (Å²) in [6.07, 6.45) is 4.21.